The number of likely N-dealkylation sites (tertiary alicyclic amines) is 1. The van der Waals surface area contributed by atoms with Crippen LogP contribution in [0.1, 0.15) is 24.4 Å². The third-order valence-electron chi connectivity index (χ3n) is 4.27. The van der Waals surface area contributed by atoms with Gasteiger partial charge in [0.2, 0.25) is 0 Å². The molecular weight excluding hydrogens is 306 g/mol. The lowest BCUT2D eigenvalue weighted by atomic mass is 10.1. The standard InChI is InChI=1S/C17H21N5O2/c18-11-14-1-3-17(4-2-14)24-13-16(23)12-21-8-5-15(6-9-21)22-10-7-19-20-22/h1-4,7,10,15-16,23H,5-6,8-9,12-13H2. The molecule has 1 aliphatic heterocycles. The fourth-order valence-electron chi connectivity index (χ4n) is 2.95. The van der Waals surface area contributed by atoms with Crippen molar-refractivity contribution in [3.8, 4) is 11.8 Å². The molecule has 3 rings (SSSR count). The number of aliphatic hydroxyl groups excluding tert-OH is 1. The molecule has 1 N–H and O–H groups in total. The molecule has 24 heavy (non-hydrogen) atoms. The van der Waals surface area contributed by atoms with Gasteiger partial charge >= 0.3 is 0 Å². The minimum Gasteiger partial charge on any atom is -0.491 e. The number of rotatable bonds is 6. The highest BCUT2D eigenvalue weighted by Crippen LogP contribution is 2.21. The van der Waals surface area contributed by atoms with Gasteiger partial charge in [0.25, 0.3) is 0 Å². The summed E-state index contributed by atoms with van der Waals surface area (Å²) in [5.74, 6) is 0.665. The lowest BCUT2D eigenvalue weighted by molar-refractivity contribution is 0.0549. The number of benzene rings is 1. The fourth-order valence-corrected chi connectivity index (χ4v) is 2.95. The molecule has 0 bridgehead atoms. The van der Waals surface area contributed by atoms with Crippen LogP contribution in [0.2, 0.25) is 0 Å². The van der Waals surface area contributed by atoms with E-state index in [1.54, 1.807) is 30.5 Å². The SMILES string of the molecule is N#Cc1ccc(OCC(O)CN2CCC(n3ccnn3)CC2)cc1. The second-order valence-corrected chi connectivity index (χ2v) is 6.02. The first kappa shape index (κ1) is 16.4. The first-order chi connectivity index (χ1) is 11.7. The summed E-state index contributed by atoms with van der Waals surface area (Å²) in [7, 11) is 0. The molecule has 1 fully saturated rings. The Morgan fingerprint density at radius 2 is 2.04 bits per heavy atom. The monoisotopic (exact) mass is 327 g/mol. The van der Waals surface area contributed by atoms with E-state index in [0.717, 1.165) is 25.9 Å². The number of nitriles is 1. The highest BCUT2D eigenvalue weighted by atomic mass is 16.5. The molecule has 2 heterocycles. The van der Waals surface area contributed by atoms with Crippen LogP contribution >= 0.6 is 0 Å². The zero-order chi connectivity index (χ0) is 16.8. The third kappa shape index (κ3) is 4.31. The van der Waals surface area contributed by atoms with Gasteiger partial charge in [-0.2, -0.15) is 5.26 Å². The third-order valence-corrected chi connectivity index (χ3v) is 4.27. The van der Waals surface area contributed by atoms with Gasteiger partial charge in [-0.1, -0.05) is 5.21 Å². The number of aromatic nitrogens is 3. The van der Waals surface area contributed by atoms with E-state index in [1.807, 2.05) is 10.9 Å². The van der Waals surface area contributed by atoms with Crippen LogP contribution in [0.25, 0.3) is 0 Å². The molecule has 2 aromatic rings. The molecule has 1 aromatic heterocycles. The normalized spacial score (nSPS) is 17.3. The lowest BCUT2D eigenvalue weighted by Crippen LogP contribution is -2.41. The molecule has 0 spiro atoms. The maximum atomic E-state index is 10.2. The Bertz CT molecular complexity index is 657. The van der Waals surface area contributed by atoms with Crippen LogP contribution in [0.15, 0.2) is 36.7 Å². The van der Waals surface area contributed by atoms with Gasteiger partial charge in [-0.15, -0.1) is 5.10 Å². The summed E-state index contributed by atoms with van der Waals surface area (Å²) in [4.78, 5) is 2.25. The highest BCUT2D eigenvalue weighted by Gasteiger charge is 2.22. The first-order valence-electron chi connectivity index (χ1n) is 8.14. The fraction of sp³-hybridized carbons (Fsp3) is 0.471. The van der Waals surface area contributed by atoms with Crippen molar-refractivity contribution in [2.24, 2.45) is 0 Å². The van der Waals surface area contributed by atoms with Crippen LogP contribution in [0.4, 0.5) is 0 Å². The van der Waals surface area contributed by atoms with Crippen molar-refractivity contribution in [2.75, 3.05) is 26.2 Å². The molecule has 1 unspecified atom stereocenters. The molecule has 7 heteroatoms. The maximum absolute atomic E-state index is 10.2. The predicted molar refractivity (Wildman–Crippen MR) is 87.4 cm³/mol. The van der Waals surface area contributed by atoms with E-state index in [9.17, 15) is 5.11 Å². The molecule has 1 saturated heterocycles. The highest BCUT2D eigenvalue weighted by molar-refractivity contribution is 5.34. The van der Waals surface area contributed by atoms with E-state index in [1.165, 1.54) is 0 Å². The number of hydrogen-bond donors (Lipinski definition) is 1. The average molecular weight is 327 g/mol. The van der Waals surface area contributed by atoms with Gasteiger partial charge in [0.05, 0.1) is 23.9 Å². The summed E-state index contributed by atoms with van der Waals surface area (Å²) in [6.07, 6.45) is 5.08. The van der Waals surface area contributed by atoms with E-state index in [0.29, 0.717) is 23.9 Å². The van der Waals surface area contributed by atoms with Gasteiger partial charge in [-0.3, -0.25) is 0 Å². The summed E-state index contributed by atoms with van der Waals surface area (Å²) in [5.41, 5.74) is 0.596. The van der Waals surface area contributed by atoms with Gasteiger partial charge in [-0.05, 0) is 37.1 Å². The van der Waals surface area contributed by atoms with E-state index >= 15 is 0 Å². The number of hydrogen-bond acceptors (Lipinski definition) is 6. The summed E-state index contributed by atoms with van der Waals surface area (Å²) < 4.78 is 7.50. The molecule has 0 saturated carbocycles. The summed E-state index contributed by atoms with van der Waals surface area (Å²) in [6, 6.07) is 9.36. The molecule has 126 valence electrons. The van der Waals surface area contributed by atoms with Crippen molar-refractivity contribution in [2.45, 2.75) is 25.0 Å². The van der Waals surface area contributed by atoms with Crippen LogP contribution < -0.4 is 4.74 Å². The van der Waals surface area contributed by atoms with E-state index in [-0.39, 0.29) is 6.61 Å². The quantitative estimate of drug-likeness (QED) is 0.858. The van der Waals surface area contributed by atoms with Crippen LogP contribution in [-0.2, 0) is 0 Å². The summed E-state index contributed by atoms with van der Waals surface area (Å²) >= 11 is 0. The number of ether oxygens (including phenoxy) is 1. The van der Waals surface area contributed by atoms with Gasteiger partial charge in [0, 0.05) is 25.8 Å². The smallest absolute Gasteiger partial charge is 0.119 e. The first-order valence-corrected chi connectivity index (χ1v) is 8.14. The van der Waals surface area contributed by atoms with Crippen molar-refractivity contribution in [1.29, 1.82) is 5.26 Å². The van der Waals surface area contributed by atoms with Crippen molar-refractivity contribution in [3.05, 3.63) is 42.2 Å². The van der Waals surface area contributed by atoms with E-state index in [2.05, 4.69) is 21.3 Å². The second kappa shape index (κ2) is 7.90. The van der Waals surface area contributed by atoms with Crippen LogP contribution in [0, 0.1) is 11.3 Å². The predicted octanol–water partition coefficient (Wildman–Crippen LogP) is 1.23. The number of nitrogens with zero attached hydrogens (tertiary/aromatic N) is 5. The van der Waals surface area contributed by atoms with Crippen molar-refractivity contribution in [1.82, 2.24) is 19.9 Å². The Labute approximate surface area is 141 Å². The average Bonchev–Trinajstić information content (AvgIpc) is 3.16. The maximum Gasteiger partial charge on any atom is 0.119 e. The summed E-state index contributed by atoms with van der Waals surface area (Å²) in [6.45, 7) is 2.70. The molecule has 7 nitrogen and oxygen atoms in total. The minimum absolute atomic E-state index is 0.245. The molecule has 1 aliphatic rings. The van der Waals surface area contributed by atoms with E-state index in [4.69, 9.17) is 10.00 Å². The minimum atomic E-state index is -0.538. The Hall–Kier alpha value is -2.43. The molecule has 1 atom stereocenters. The van der Waals surface area contributed by atoms with Crippen molar-refractivity contribution in [3.63, 3.8) is 0 Å². The van der Waals surface area contributed by atoms with Gasteiger partial charge in [0.15, 0.2) is 0 Å². The molecular formula is C17H21N5O2. The van der Waals surface area contributed by atoms with E-state index < -0.39 is 6.10 Å². The van der Waals surface area contributed by atoms with Crippen molar-refractivity contribution >= 4 is 0 Å². The van der Waals surface area contributed by atoms with Crippen LogP contribution in [-0.4, -0.2) is 57.3 Å². The van der Waals surface area contributed by atoms with Crippen molar-refractivity contribution < 1.29 is 9.84 Å². The number of aliphatic hydroxyl groups is 1. The topological polar surface area (TPSA) is 87.2 Å². The van der Waals surface area contributed by atoms with Crippen LogP contribution in [0.3, 0.4) is 0 Å². The number of β-amino-alcohol motifs (C(OH)–C–C–N with tert-alkyl or cyclic N) is 1. The Kier molecular flexibility index (Phi) is 5.41. The van der Waals surface area contributed by atoms with Gasteiger partial charge < -0.3 is 14.7 Å². The Morgan fingerprint density at radius 3 is 2.67 bits per heavy atom. The van der Waals surface area contributed by atoms with Gasteiger partial charge in [0.1, 0.15) is 18.5 Å². The molecule has 0 radical (unpaired) electrons. The zero-order valence-electron chi connectivity index (χ0n) is 13.5. The van der Waals surface area contributed by atoms with Crippen LogP contribution in [0.5, 0.6) is 5.75 Å². The second-order valence-electron chi connectivity index (χ2n) is 6.02. The molecule has 0 amide bonds. The largest absolute Gasteiger partial charge is 0.491 e. The zero-order valence-corrected chi connectivity index (χ0v) is 13.5. The Balaban J connectivity index is 1.39. The number of piperidine rings is 1. The molecule has 1 aromatic carbocycles. The Morgan fingerprint density at radius 1 is 1.29 bits per heavy atom. The lowest BCUT2D eigenvalue weighted by Gasteiger charge is -2.32. The molecule has 0 aliphatic carbocycles. The van der Waals surface area contributed by atoms with Gasteiger partial charge in [-0.25, -0.2) is 4.68 Å². The summed E-state index contributed by atoms with van der Waals surface area (Å²) in [5, 5.41) is 26.8.